The lowest BCUT2D eigenvalue weighted by Gasteiger charge is -1.96. The number of carbonyl (C=O) groups excluding carboxylic acids is 1. The number of hydrogen-bond donors (Lipinski definition) is 1. The lowest BCUT2D eigenvalue weighted by molar-refractivity contribution is 0.111. The van der Waals surface area contributed by atoms with E-state index < -0.39 is 0 Å². The molecule has 0 spiro atoms. The van der Waals surface area contributed by atoms with Crippen LogP contribution < -0.4 is 0 Å². The van der Waals surface area contributed by atoms with Crippen LogP contribution in [0.2, 0.25) is 0 Å². The number of aromatic nitrogens is 4. The van der Waals surface area contributed by atoms with Gasteiger partial charge in [-0.1, -0.05) is 0 Å². The predicted molar refractivity (Wildman–Crippen MR) is 46.8 cm³/mol. The molecule has 0 saturated carbocycles. The first-order valence-electron chi connectivity index (χ1n) is 4.04. The largest absolute Gasteiger partial charge is 0.388 e. The zero-order chi connectivity index (χ0) is 10.1. The van der Waals surface area contributed by atoms with Crippen molar-refractivity contribution >= 4 is 12.1 Å². The topological polar surface area (TPSA) is 80.4 Å². The molecule has 0 aliphatic rings. The Morgan fingerprint density at radius 1 is 1.57 bits per heavy atom. The zero-order valence-electron chi connectivity index (χ0n) is 7.51. The van der Waals surface area contributed by atoms with Gasteiger partial charge in [-0.05, 0) is 13.0 Å². The second kappa shape index (κ2) is 3.15. The number of aldehydes is 1. The summed E-state index contributed by atoms with van der Waals surface area (Å²) >= 11 is 0. The fourth-order valence-corrected chi connectivity index (χ4v) is 1.20. The van der Waals surface area contributed by atoms with E-state index in [0.29, 0.717) is 23.6 Å². The molecule has 14 heavy (non-hydrogen) atoms. The van der Waals surface area contributed by atoms with Gasteiger partial charge in [0, 0.05) is 5.69 Å². The van der Waals surface area contributed by atoms with Crippen molar-refractivity contribution < 1.29 is 9.90 Å². The molecule has 0 aliphatic carbocycles. The molecule has 2 rings (SSSR count). The molecule has 0 aliphatic heterocycles. The van der Waals surface area contributed by atoms with Crippen LogP contribution in [0.1, 0.15) is 22.0 Å². The lowest BCUT2D eigenvalue weighted by atomic mass is 10.3. The number of fused-ring (bicyclic) bond motifs is 1. The summed E-state index contributed by atoms with van der Waals surface area (Å²) in [7, 11) is 0. The first-order valence-corrected chi connectivity index (χ1v) is 4.04. The van der Waals surface area contributed by atoms with Gasteiger partial charge in [0.05, 0.1) is 0 Å². The molecular weight excluding hydrogens is 184 g/mol. The summed E-state index contributed by atoms with van der Waals surface area (Å²) in [5, 5.41) is 12.8. The summed E-state index contributed by atoms with van der Waals surface area (Å²) in [6.07, 6.45) is 0.653. The number of rotatable bonds is 2. The Kier molecular flexibility index (Phi) is 1.97. The lowest BCUT2D eigenvalue weighted by Crippen LogP contribution is -1.99. The highest BCUT2D eigenvalue weighted by atomic mass is 16.3. The number of aliphatic hydroxyl groups is 1. The third-order valence-corrected chi connectivity index (χ3v) is 1.82. The van der Waals surface area contributed by atoms with Crippen LogP contribution in [-0.2, 0) is 6.61 Å². The third kappa shape index (κ3) is 1.25. The molecule has 72 valence electrons. The molecule has 0 saturated heterocycles. The Hall–Kier alpha value is -1.82. The van der Waals surface area contributed by atoms with Crippen LogP contribution in [0.3, 0.4) is 0 Å². The molecule has 0 bridgehead atoms. The molecular formula is C8H8N4O2. The van der Waals surface area contributed by atoms with E-state index in [4.69, 9.17) is 5.11 Å². The van der Waals surface area contributed by atoms with Crippen molar-refractivity contribution in [3.8, 4) is 0 Å². The van der Waals surface area contributed by atoms with Gasteiger partial charge in [-0.15, -0.1) is 5.10 Å². The van der Waals surface area contributed by atoms with E-state index in [1.54, 1.807) is 13.0 Å². The molecule has 6 nitrogen and oxygen atoms in total. The second-order valence-electron chi connectivity index (χ2n) is 2.84. The maximum Gasteiger partial charge on any atom is 0.253 e. The van der Waals surface area contributed by atoms with Crippen molar-refractivity contribution in [3.63, 3.8) is 0 Å². The molecule has 6 heteroatoms. The Labute approximate surface area is 79.2 Å². The van der Waals surface area contributed by atoms with Crippen LogP contribution in [-0.4, -0.2) is 31.0 Å². The highest BCUT2D eigenvalue weighted by molar-refractivity contribution is 5.72. The minimum atomic E-state index is -0.237. The van der Waals surface area contributed by atoms with Crippen LogP contribution >= 0.6 is 0 Å². The van der Waals surface area contributed by atoms with Gasteiger partial charge in [0.15, 0.2) is 12.1 Å². The molecule has 0 aromatic carbocycles. The Morgan fingerprint density at radius 3 is 3.00 bits per heavy atom. The molecule has 0 atom stereocenters. The van der Waals surface area contributed by atoms with Gasteiger partial charge >= 0.3 is 0 Å². The minimum absolute atomic E-state index is 0.237. The van der Waals surface area contributed by atoms with E-state index in [2.05, 4.69) is 15.1 Å². The van der Waals surface area contributed by atoms with Gasteiger partial charge in [0.25, 0.3) is 5.78 Å². The van der Waals surface area contributed by atoms with Crippen molar-refractivity contribution in [3.05, 3.63) is 23.3 Å². The summed E-state index contributed by atoms with van der Waals surface area (Å²) in [5.74, 6) is 0.625. The normalized spacial score (nSPS) is 10.7. The average Bonchev–Trinajstić information content (AvgIpc) is 2.61. The minimum Gasteiger partial charge on any atom is -0.388 e. The van der Waals surface area contributed by atoms with Crippen molar-refractivity contribution in [2.75, 3.05) is 0 Å². The molecule has 2 heterocycles. The summed E-state index contributed by atoms with van der Waals surface area (Å²) in [4.78, 5) is 18.4. The Morgan fingerprint density at radius 2 is 2.36 bits per heavy atom. The van der Waals surface area contributed by atoms with E-state index in [1.807, 2.05) is 0 Å². The van der Waals surface area contributed by atoms with Crippen molar-refractivity contribution in [2.24, 2.45) is 0 Å². The zero-order valence-corrected chi connectivity index (χ0v) is 7.51. The highest BCUT2D eigenvalue weighted by Crippen LogP contribution is 2.04. The smallest absolute Gasteiger partial charge is 0.253 e. The van der Waals surface area contributed by atoms with E-state index in [0.717, 1.165) is 5.69 Å². The van der Waals surface area contributed by atoms with Gasteiger partial charge in [-0.2, -0.15) is 4.98 Å². The molecule has 0 fully saturated rings. The van der Waals surface area contributed by atoms with Crippen LogP contribution in [0.25, 0.3) is 5.78 Å². The Balaban J connectivity index is 2.73. The van der Waals surface area contributed by atoms with E-state index >= 15 is 0 Å². The van der Waals surface area contributed by atoms with Crippen molar-refractivity contribution in [2.45, 2.75) is 13.5 Å². The molecule has 0 amide bonds. The average molecular weight is 192 g/mol. The van der Waals surface area contributed by atoms with Crippen LogP contribution in [0.15, 0.2) is 6.07 Å². The van der Waals surface area contributed by atoms with E-state index in [9.17, 15) is 4.79 Å². The van der Waals surface area contributed by atoms with E-state index in [1.165, 1.54) is 4.52 Å². The fourth-order valence-electron chi connectivity index (χ4n) is 1.20. The first-order chi connectivity index (χ1) is 6.74. The van der Waals surface area contributed by atoms with Crippen molar-refractivity contribution in [1.29, 1.82) is 0 Å². The van der Waals surface area contributed by atoms with Gasteiger partial charge in [-0.25, -0.2) is 9.50 Å². The quantitative estimate of drug-likeness (QED) is 0.663. The molecule has 0 unspecified atom stereocenters. The van der Waals surface area contributed by atoms with Gasteiger partial charge in [0.2, 0.25) is 0 Å². The summed E-state index contributed by atoms with van der Waals surface area (Å²) < 4.78 is 1.48. The number of aliphatic hydroxyl groups excluding tert-OH is 1. The van der Waals surface area contributed by atoms with Crippen LogP contribution in [0.5, 0.6) is 0 Å². The summed E-state index contributed by atoms with van der Waals surface area (Å²) in [6, 6.07) is 1.61. The molecule has 0 radical (unpaired) electrons. The number of carbonyl (C=O) groups is 1. The number of nitrogens with zero attached hydrogens (tertiary/aromatic N) is 4. The third-order valence-electron chi connectivity index (χ3n) is 1.82. The number of hydrogen-bond acceptors (Lipinski definition) is 5. The first kappa shape index (κ1) is 8.76. The van der Waals surface area contributed by atoms with Gasteiger partial charge in [-0.3, -0.25) is 4.79 Å². The van der Waals surface area contributed by atoms with Crippen LogP contribution in [0, 0.1) is 6.92 Å². The molecule has 2 aromatic heterocycles. The maximum absolute atomic E-state index is 10.5. The molecule has 2 aromatic rings. The SMILES string of the molecule is Cc1cc(C=O)nc2nc(CO)nn12. The predicted octanol–water partition coefficient (Wildman–Crippen LogP) is -0.262. The second-order valence-corrected chi connectivity index (χ2v) is 2.84. The monoisotopic (exact) mass is 192 g/mol. The standard InChI is InChI=1S/C8H8N4O2/c1-5-2-6(3-13)9-8-10-7(4-14)11-12(5)8/h2-3,14H,4H2,1H3. The summed E-state index contributed by atoms with van der Waals surface area (Å²) in [5.41, 5.74) is 1.07. The summed E-state index contributed by atoms with van der Waals surface area (Å²) in [6.45, 7) is 1.55. The Bertz CT molecular complexity index is 491. The van der Waals surface area contributed by atoms with Crippen molar-refractivity contribution in [1.82, 2.24) is 19.6 Å². The highest BCUT2D eigenvalue weighted by Gasteiger charge is 2.07. The van der Waals surface area contributed by atoms with Crippen LogP contribution in [0.4, 0.5) is 0 Å². The molecule has 1 N–H and O–H groups in total. The van der Waals surface area contributed by atoms with E-state index in [-0.39, 0.29) is 6.61 Å². The number of aryl methyl sites for hydroxylation is 1. The maximum atomic E-state index is 10.5. The van der Waals surface area contributed by atoms with Gasteiger partial charge in [0.1, 0.15) is 12.3 Å². The van der Waals surface area contributed by atoms with Gasteiger partial charge < -0.3 is 5.11 Å². The fraction of sp³-hybridized carbons (Fsp3) is 0.250.